The fraction of sp³-hybridized carbons (Fsp3) is 0.833. The molecule has 0 N–H and O–H groups in total. The monoisotopic (exact) mass is 156 g/mol. The molecule has 0 atom stereocenters. The summed E-state index contributed by atoms with van der Waals surface area (Å²) in [6, 6.07) is 0. The Morgan fingerprint density at radius 3 is 2.55 bits per heavy atom. The van der Waals surface area contributed by atoms with Gasteiger partial charge in [-0.25, -0.2) is 4.79 Å². The van der Waals surface area contributed by atoms with Crippen LogP contribution in [0.15, 0.2) is 5.29 Å². The molecule has 2 aliphatic rings. The fourth-order valence-corrected chi connectivity index (χ4v) is 1.50. The van der Waals surface area contributed by atoms with Crippen molar-refractivity contribution in [1.29, 1.82) is 0 Å². The van der Waals surface area contributed by atoms with E-state index in [1.807, 2.05) is 0 Å². The summed E-state index contributed by atoms with van der Waals surface area (Å²) >= 11 is 0. The maximum Gasteiger partial charge on any atom is 0.433 e. The molecule has 0 aromatic carbocycles. The van der Waals surface area contributed by atoms with Crippen LogP contribution in [0.1, 0.15) is 19.3 Å². The lowest BCUT2D eigenvalue weighted by Crippen LogP contribution is -2.40. The quantitative estimate of drug-likeness (QED) is 0.533. The van der Waals surface area contributed by atoms with Gasteiger partial charge >= 0.3 is 6.09 Å². The first-order chi connectivity index (χ1) is 5.26. The van der Waals surface area contributed by atoms with Gasteiger partial charge in [0, 0.05) is 0 Å². The molecule has 1 saturated heterocycles. The third kappa shape index (κ3) is 0.800. The minimum absolute atomic E-state index is 0.343. The summed E-state index contributed by atoms with van der Waals surface area (Å²) in [5.74, 6) is 0. The minimum atomic E-state index is -0.597. The Bertz CT molecular complexity index is 212. The lowest BCUT2D eigenvalue weighted by molar-refractivity contribution is -0.00687. The number of nitrogens with zero attached hydrogens (tertiary/aromatic N) is 2. The zero-order valence-corrected chi connectivity index (χ0v) is 5.95. The maximum atomic E-state index is 10.8. The van der Waals surface area contributed by atoms with Crippen LogP contribution in [0.5, 0.6) is 0 Å². The third-order valence-corrected chi connectivity index (χ3v) is 2.32. The van der Waals surface area contributed by atoms with Crippen molar-refractivity contribution in [2.24, 2.45) is 5.29 Å². The van der Waals surface area contributed by atoms with Crippen molar-refractivity contribution >= 4 is 6.09 Å². The van der Waals surface area contributed by atoms with Gasteiger partial charge in [0.15, 0.2) is 0 Å². The molecule has 0 aromatic rings. The number of amides is 1. The van der Waals surface area contributed by atoms with Gasteiger partial charge in [-0.1, -0.05) is 0 Å². The smallest absolute Gasteiger partial charge is 0.433 e. The largest absolute Gasteiger partial charge is 0.439 e. The summed E-state index contributed by atoms with van der Waals surface area (Å²) < 4.78 is 4.98. The van der Waals surface area contributed by atoms with Gasteiger partial charge in [0.1, 0.15) is 5.60 Å². The average molecular weight is 156 g/mol. The van der Waals surface area contributed by atoms with E-state index in [-0.39, 0.29) is 5.60 Å². The average Bonchev–Trinajstić information content (AvgIpc) is 2.26. The van der Waals surface area contributed by atoms with Crippen LogP contribution in [0.3, 0.4) is 0 Å². The molecule has 1 amide bonds. The summed E-state index contributed by atoms with van der Waals surface area (Å²) in [5.41, 5.74) is -0.356. The highest BCUT2D eigenvalue weighted by molar-refractivity contribution is 5.70. The number of ether oxygens (including phenoxy) is 1. The normalized spacial score (nSPS) is 26.5. The first kappa shape index (κ1) is 6.57. The summed E-state index contributed by atoms with van der Waals surface area (Å²) in [6.45, 7) is 0.343. The van der Waals surface area contributed by atoms with E-state index < -0.39 is 6.09 Å². The van der Waals surface area contributed by atoms with E-state index in [4.69, 9.17) is 4.74 Å². The first-order valence-electron chi connectivity index (χ1n) is 3.60. The molecule has 1 aliphatic heterocycles. The Morgan fingerprint density at radius 1 is 1.55 bits per heavy atom. The standard InChI is InChI=1S/C6H8N2O3/c9-5-8(7-10)4-6(11-5)2-1-3-6/h1-4H2. The fourth-order valence-electron chi connectivity index (χ4n) is 1.50. The number of carbonyl (C=O) groups is 1. The number of hydrogen-bond donors (Lipinski definition) is 0. The van der Waals surface area contributed by atoms with Gasteiger partial charge in [0.25, 0.3) is 0 Å². The molecule has 0 radical (unpaired) electrons. The van der Waals surface area contributed by atoms with E-state index in [0.717, 1.165) is 24.3 Å². The molecule has 1 spiro atoms. The first-order valence-corrected chi connectivity index (χ1v) is 3.60. The number of hydrogen-bond acceptors (Lipinski definition) is 4. The molecular formula is C6H8N2O3. The van der Waals surface area contributed by atoms with Gasteiger partial charge < -0.3 is 4.74 Å². The topological polar surface area (TPSA) is 59.0 Å². The van der Waals surface area contributed by atoms with Gasteiger partial charge in [-0.05, 0) is 19.3 Å². The molecule has 0 aromatic heterocycles. The summed E-state index contributed by atoms with van der Waals surface area (Å²) in [5, 5.41) is 3.40. The lowest BCUT2D eigenvalue weighted by Gasteiger charge is -2.34. The predicted octanol–water partition coefficient (Wildman–Crippen LogP) is 1.04. The van der Waals surface area contributed by atoms with E-state index >= 15 is 0 Å². The van der Waals surface area contributed by atoms with E-state index in [1.165, 1.54) is 0 Å². The molecule has 11 heavy (non-hydrogen) atoms. The Balaban J connectivity index is 2.11. The van der Waals surface area contributed by atoms with Gasteiger partial charge in [-0.15, -0.1) is 4.91 Å². The van der Waals surface area contributed by atoms with Crippen molar-refractivity contribution in [3.05, 3.63) is 4.91 Å². The van der Waals surface area contributed by atoms with Crippen molar-refractivity contribution in [3.63, 3.8) is 0 Å². The second-order valence-corrected chi connectivity index (χ2v) is 3.04. The van der Waals surface area contributed by atoms with Gasteiger partial charge in [0.2, 0.25) is 0 Å². The van der Waals surface area contributed by atoms with E-state index in [0.29, 0.717) is 6.54 Å². The van der Waals surface area contributed by atoms with Gasteiger partial charge in [-0.3, -0.25) is 0 Å². The molecule has 2 fully saturated rings. The Labute approximate surface area is 63.3 Å². The second kappa shape index (κ2) is 1.93. The number of carbonyl (C=O) groups excluding carboxylic acids is 1. The zero-order chi connectivity index (χ0) is 7.90. The van der Waals surface area contributed by atoms with E-state index in [2.05, 4.69) is 5.29 Å². The molecule has 1 heterocycles. The van der Waals surface area contributed by atoms with E-state index in [1.54, 1.807) is 0 Å². The molecule has 60 valence electrons. The molecular weight excluding hydrogens is 148 g/mol. The van der Waals surface area contributed by atoms with Crippen molar-refractivity contribution < 1.29 is 9.53 Å². The van der Waals surface area contributed by atoms with Crippen LogP contribution in [0.2, 0.25) is 0 Å². The zero-order valence-electron chi connectivity index (χ0n) is 5.95. The van der Waals surface area contributed by atoms with Crippen molar-refractivity contribution in [2.45, 2.75) is 24.9 Å². The molecule has 2 rings (SSSR count). The highest BCUT2D eigenvalue weighted by atomic mass is 16.6. The van der Waals surface area contributed by atoms with Gasteiger partial charge in [-0.2, -0.15) is 5.01 Å². The molecule has 5 heteroatoms. The Hall–Kier alpha value is -1.13. The van der Waals surface area contributed by atoms with Crippen LogP contribution in [-0.2, 0) is 4.74 Å². The van der Waals surface area contributed by atoms with Crippen LogP contribution in [0, 0.1) is 4.91 Å². The maximum absolute atomic E-state index is 10.8. The molecule has 5 nitrogen and oxygen atoms in total. The van der Waals surface area contributed by atoms with Crippen LogP contribution >= 0.6 is 0 Å². The number of rotatable bonds is 1. The summed E-state index contributed by atoms with van der Waals surface area (Å²) in [4.78, 5) is 20.8. The van der Waals surface area contributed by atoms with Crippen molar-refractivity contribution in [2.75, 3.05) is 6.54 Å². The summed E-state index contributed by atoms with van der Waals surface area (Å²) in [6.07, 6.45) is 2.20. The van der Waals surface area contributed by atoms with Crippen molar-refractivity contribution in [1.82, 2.24) is 5.01 Å². The Morgan fingerprint density at radius 2 is 2.27 bits per heavy atom. The van der Waals surface area contributed by atoms with Crippen LogP contribution in [-0.4, -0.2) is 23.2 Å². The highest BCUT2D eigenvalue weighted by Gasteiger charge is 2.50. The SMILES string of the molecule is O=NN1CC2(CCC2)OC1=O. The molecule has 0 bridgehead atoms. The van der Waals surface area contributed by atoms with Crippen LogP contribution in [0.4, 0.5) is 4.79 Å². The predicted molar refractivity (Wildman–Crippen MR) is 35.6 cm³/mol. The van der Waals surface area contributed by atoms with Crippen molar-refractivity contribution in [3.8, 4) is 0 Å². The molecule has 1 aliphatic carbocycles. The van der Waals surface area contributed by atoms with Crippen LogP contribution < -0.4 is 0 Å². The molecule has 0 unspecified atom stereocenters. The van der Waals surface area contributed by atoms with Gasteiger partial charge in [0.05, 0.1) is 11.8 Å². The third-order valence-electron chi connectivity index (χ3n) is 2.32. The van der Waals surface area contributed by atoms with E-state index in [9.17, 15) is 9.70 Å². The minimum Gasteiger partial charge on any atom is -0.439 e. The molecule has 1 saturated carbocycles. The second-order valence-electron chi connectivity index (χ2n) is 3.04. The lowest BCUT2D eigenvalue weighted by atomic mass is 9.80. The Kier molecular flexibility index (Phi) is 1.15. The number of nitroso groups, excluding NO2 is 1. The highest BCUT2D eigenvalue weighted by Crippen LogP contribution is 2.40. The summed E-state index contributed by atoms with van der Waals surface area (Å²) in [7, 11) is 0. The van der Waals surface area contributed by atoms with Crippen LogP contribution in [0.25, 0.3) is 0 Å².